The highest BCUT2D eigenvalue weighted by Crippen LogP contribution is 2.23. The number of hydrogen-bond donors (Lipinski definition) is 1. The summed E-state index contributed by atoms with van der Waals surface area (Å²) < 4.78 is 1.07. The molecule has 0 radical (unpaired) electrons. The average Bonchev–Trinajstić information content (AvgIpc) is 2.46. The first-order chi connectivity index (χ1) is 9.97. The summed E-state index contributed by atoms with van der Waals surface area (Å²) in [5.74, 6) is 0. The van der Waals surface area contributed by atoms with Gasteiger partial charge in [-0.05, 0) is 54.5 Å². The van der Waals surface area contributed by atoms with Crippen molar-refractivity contribution in [1.29, 1.82) is 0 Å². The third-order valence-corrected chi connectivity index (χ3v) is 4.54. The van der Waals surface area contributed by atoms with Gasteiger partial charge >= 0.3 is 0 Å². The van der Waals surface area contributed by atoms with Gasteiger partial charge in [0, 0.05) is 28.8 Å². The molecule has 0 amide bonds. The Morgan fingerprint density at radius 1 is 1.24 bits per heavy atom. The maximum absolute atomic E-state index is 6.12. The molecule has 1 N–H and O–H groups in total. The van der Waals surface area contributed by atoms with E-state index in [4.69, 9.17) is 23.8 Å². The van der Waals surface area contributed by atoms with Gasteiger partial charge in [0.2, 0.25) is 0 Å². The molecule has 2 aromatic carbocycles. The number of anilines is 1. The Kier molecular flexibility index (Phi) is 5.62. The van der Waals surface area contributed by atoms with Crippen molar-refractivity contribution in [3.8, 4) is 0 Å². The summed E-state index contributed by atoms with van der Waals surface area (Å²) >= 11 is 15.0. The zero-order valence-electron chi connectivity index (χ0n) is 11.9. The van der Waals surface area contributed by atoms with Crippen LogP contribution in [-0.4, -0.2) is 17.1 Å². The Morgan fingerprint density at radius 3 is 2.57 bits per heavy atom. The number of nitrogens with zero attached hydrogens (tertiary/aromatic N) is 1. The SMILES string of the molecule is Cc1c(Cl)cccc1NC(=S)N(C)Cc1ccc(Br)cc1. The van der Waals surface area contributed by atoms with Crippen LogP contribution in [0, 0.1) is 6.92 Å². The molecule has 0 saturated carbocycles. The van der Waals surface area contributed by atoms with Crippen molar-refractivity contribution >= 4 is 50.5 Å². The second-order valence-corrected chi connectivity index (χ2v) is 6.53. The molecular weight excluding hydrogens is 368 g/mol. The van der Waals surface area contributed by atoms with Crippen molar-refractivity contribution in [3.05, 3.63) is 63.1 Å². The highest BCUT2D eigenvalue weighted by atomic mass is 79.9. The Morgan fingerprint density at radius 2 is 1.90 bits per heavy atom. The summed E-state index contributed by atoms with van der Waals surface area (Å²) in [4.78, 5) is 2.00. The third-order valence-electron chi connectivity index (χ3n) is 3.19. The van der Waals surface area contributed by atoms with E-state index >= 15 is 0 Å². The summed E-state index contributed by atoms with van der Waals surface area (Å²) in [6, 6.07) is 14.0. The van der Waals surface area contributed by atoms with Gasteiger partial charge in [-0.1, -0.05) is 45.7 Å². The fourth-order valence-corrected chi connectivity index (χ4v) is 2.50. The van der Waals surface area contributed by atoms with Gasteiger partial charge in [-0.25, -0.2) is 0 Å². The molecule has 0 aliphatic rings. The van der Waals surface area contributed by atoms with Crippen molar-refractivity contribution in [1.82, 2.24) is 4.90 Å². The van der Waals surface area contributed by atoms with Crippen molar-refractivity contribution in [2.75, 3.05) is 12.4 Å². The van der Waals surface area contributed by atoms with Crippen LogP contribution in [0.1, 0.15) is 11.1 Å². The van der Waals surface area contributed by atoms with Gasteiger partial charge in [-0.15, -0.1) is 0 Å². The van der Waals surface area contributed by atoms with Crippen LogP contribution in [0.25, 0.3) is 0 Å². The lowest BCUT2D eigenvalue weighted by molar-refractivity contribution is 0.508. The van der Waals surface area contributed by atoms with E-state index in [1.807, 2.05) is 49.2 Å². The largest absolute Gasteiger partial charge is 0.348 e. The third kappa shape index (κ3) is 4.43. The molecule has 0 saturated heterocycles. The van der Waals surface area contributed by atoms with Gasteiger partial charge in [0.05, 0.1) is 0 Å². The summed E-state index contributed by atoms with van der Waals surface area (Å²) in [5.41, 5.74) is 3.14. The van der Waals surface area contributed by atoms with Crippen molar-refractivity contribution < 1.29 is 0 Å². The van der Waals surface area contributed by atoms with Crippen LogP contribution < -0.4 is 5.32 Å². The standard InChI is InChI=1S/C16H16BrClN2S/c1-11-14(18)4-3-5-15(11)19-16(21)20(2)10-12-6-8-13(17)9-7-12/h3-9H,10H2,1-2H3,(H,19,21). The molecule has 0 aliphatic heterocycles. The van der Waals surface area contributed by atoms with Crippen LogP contribution >= 0.6 is 39.7 Å². The lowest BCUT2D eigenvalue weighted by Crippen LogP contribution is -2.30. The molecule has 0 unspecified atom stereocenters. The fourth-order valence-electron chi connectivity index (χ4n) is 1.89. The van der Waals surface area contributed by atoms with Gasteiger partial charge in [-0.3, -0.25) is 0 Å². The molecule has 0 bridgehead atoms. The van der Waals surface area contributed by atoms with Crippen molar-refractivity contribution in [2.45, 2.75) is 13.5 Å². The first kappa shape index (κ1) is 16.3. The lowest BCUT2D eigenvalue weighted by atomic mass is 10.2. The van der Waals surface area contributed by atoms with E-state index in [-0.39, 0.29) is 0 Å². The Labute approximate surface area is 144 Å². The first-order valence-electron chi connectivity index (χ1n) is 6.49. The molecule has 5 heteroatoms. The molecule has 0 aliphatic carbocycles. The molecule has 2 rings (SSSR count). The van der Waals surface area contributed by atoms with E-state index in [0.717, 1.165) is 27.3 Å². The van der Waals surface area contributed by atoms with E-state index < -0.39 is 0 Å². The van der Waals surface area contributed by atoms with Gasteiger partial charge in [0.25, 0.3) is 0 Å². The number of benzene rings is 2. The molecule has 21 heavy (non-hydrogen) atoms. The molecule has 0 fully saturated rings. The molecule has 0 atom stereocenters. The van der Waals surface area contributed by atoms with E-state index in [9.17, 15) is 0 Å². The summed E-state index contributed by atoms with van der Waals surface area (Å²) in [6.07, 6.45) is 0. The minimum atomic E-state index is 0.670. The topological polar surface area (TPSA) is 15.3 Å². The molecule has 2 aromatic rings. The van der Waals surface area contributed by atoms with Gasteiger partial charge < -0.3 is 10.2 Å². The van der Waals surface area contributed by atoms with Crippen molar-refractivity contribution in [2.24, 2.45) is 0 Å². The van der Waals surface area contributed by atoms with Crippen LogP contribution in [0.5, 0.6) is 0 Å². The quantitative estimate of drug-likeness (QED) is 0.730. The zero-order chi connectivity index (χ0) is 15.4. The molecule has 2 nitrogen and oxygen atoms in total. The van der Waals surface area contributed by atoms with Crippen LogP contribution in [-0.2, 0) is 6.54 Å². The molecule has 0 spiro atoms. The van der Waals surface area contributed by atoms with Crippen LogP contribution in [0.3, 0.4) is 0 Å². The highest BCUT2D eigenvalue weighted by molar-refractivity contribution is 9.10. The van der Waals surface area contributed by atoms with Crippen LogP contribution in [0.4, 0.5) is 5.69 Å². The average molecular weight is 384 g/mol. The van der Waals surface area contributed by atoms with Gasteiger partial charge in [0.1, 0.15) is 0 Å². The van der Waals surface area contributed by atoms with Gasteiger partial charge in [0.15, 0.2) is 5.11 Å². The fraction of sp³-hybridized carbons (Fsp3) is 0.188. The second-order valence-electron chi connectivity index (χ2n) is 4.83. The normalized spacial score (nSPS) is 10.3. The molecular formula is C16H16BrClN2S. The predicted molar refractivity (Wildman–Crippen MR) is 98.0 cm³/mol. The lowest BCUT2D eigenvalue weighted by Gasteiger charge is -2.22. The number of halogens is 2. The number of nitrogens with one attached hydrogen (secondary N) is 1. The number of hydrogen-bond acceptors (Lipinski definition) is 1. The minimum Gasteiger partial charge on any atom is -0.348 e. The number of rotatable bonds is 3. The van der Waals surface area contributed by atoms with Crippen LogP contribution in [0.15, 0.2) is 46.9 Å². The Hall–Kier alpha value is -1.10. The maximum Gasteiger partial charge on any atom is 0.173 e. The molecule has 0 heterocycles. The summed E-state index contributed by atoms with van der Waals surface area (Å²) in [5, 5.41) is 4.65. The predicted octanol–water partition coefficient (Wildman–Crippen LogP) is 5.24. The first-order valence-corrected chi connectivity index (χ1v) is 8.07. The van der Waals surface area contributed by atoms with Crippen molar-refractivity contribution in [3.63, 3.8) is 0 Å². The smallest absolute Gasteiger partial charge is 0.173 e. The highest BCUT2D eigenvalue weighted by Gasteiger charge is 2.08. The van der Waals surface area contributed by atoms with Crippen LogP contribution in [0.2, 0.25) is 5.02 Å². The minimum absolute atomic E-state index is 0.670. The van der Waals surface area contributed by atoms with Gasteiger partial charge in [-0.2, -0.15) is 0 Å². The molecule has 0 aromatic heterocycles. The maximum atomic E-state index is 6.12. The van der Waals surface area contributed by atoms with E-state index in [2.05, 4.69) is 33.4 Å². The zero-order valence-corrected chi connectivity index (χ0v) is 15.0. The van der Waals surface area contributed by atoms with E-state index in [1.165, 1.54) is 5.56 Å². The number of thiocarbonyl (C=S) groups is 1. The molecule has 110 valence electrons. The summed E-state index contributed by atoms with van der Waals surface area (Å²) in [7, 11) is 1.97. The monoisotopic (exact) mass is 382 g/mol. The van der Waals surface area contributed by atoms with E-state index in [0.29, 0.717) is 5.11 Å². The summed E-state index contributed by atoms with van der Waals surface area (Å²) in [6.45, 7) is 2.72. The van der Waals surface area contributed by atoms with E-state index in [1.54, 1.807) is 0 Å². The second kappa shape index (κ2) is 7.25. The Bertz CT molecular complexity index is 643. The Balaban J connectivity index is 2.02.